The Morgan fingerprint density at radius 2 is 1.74 bits per heavy atom. The molecule has 1 atom stereocenters. The summed E-state index contributed by atoms with van der Waals surface area (Å²) in [6.07, 6.45) is 0. The van der Waals surface area contributed by atoms with Gasteiger partial charge in [-0.15, -0.1) is 0 Å². The summed E-state index contributed by atoms with van der Waals surface area (Å²) in [6.45, 7) is 2.04. The molecule has 2 rings (SSSR count). The third-order valence-electron chi connectivity index (χ3n) is 3.42. The van der Waals surface area contributed by atoms with Crippen molar-refractivity contribution in [1.82, 2.24) is 5.32 Å². The molecule has 0 bridgehead atoms. The van der Waals surface area contributed by atoms with Crippen LogP contribution in [0.1, 0.15) is 6.92 Å². The Hall–Kier alpha value is -2.29. The van der Waals surface area contributed by atoms with Gasteiger partial charge in [0.15, 0.2) is 6.61 Å². The number of rotatable bonds is 9. The molecule has 9 heteroatoms. The highest BCUT2D eigenvalue weighted by molar-refractivity contribution is 7.92. The Kier molecular flexibility index (Phi) is 7.46. The summed E-state index contributed by atoms with van der Waals surface area (Å²) in [7, 11) is -2.19. The fourth-order valence-electron chi connectivity index (χ4n) is 2.20. The predicted molar refractivity (Wildman–Crippen MR) is 104 cm³/mol. The lowest BCUT2D eigenvalue weighted by Crippen LogP contribution is -2.38. The molecule has 0 unspecified atom stereocenters. The normalized spacial score (nSPS) is 12.3. The molecule has 0 saturated carbocycles. The highest BCUT2D eigenvalue weighted by atomic mass is 35.5. The average molecular weight is 413 g/mol. The topological polar surface area (TPSA) is 93.7 Å². The lowest BCUT2D eigenvalue weighted by atomic mass is 10.3. The molecule has 2 aromatic rings. The molecule has 0 aliphatic carbocycles. The maximum Gasteiger partial charge on any atom is 0.261 e. The average Bonchev–Trinajstić information content (AvgIpc) is 2.62. The first kappa shape index (κ1) is 21.0. The summed E-state index contributed by atoms with van der Waals surface area (Å²) >= 11 is 5.79. The van der Waals surface area contributed by atoms with Crippen molar-refractivity contribution < 1.29 is 22.7 Å². The van der Waals surface area contributed by atoms with Crippen LogP contribution < -0.4 is 14.8 Å². The third-order valence-corrected chi connectivity index (χ3v) is 5.07. The first-order chi connectivity index (χ1) is 12.8. The summed E-state index contributed by atoms with van der Waals surface area (Å²) in [5.41, 5.74) is 0.404. The Morgan fingerprint density at radius 3 is 2.33 bits per heavy atom. The smallest absolute Gasteiger partial charge is 0.261 e. The van der Waals surface area contributed by atoms with E-state index in [2.05, 4.69) is 10.0 Å². The van der Waals surface area contributed by atoms with Crippen molar-refractivity contribution in [2.75, 3.05) is 25.0 Å². The number of benzene rings is 2. The van der Waals surface area contributed by atoms with Crippen LogP contribution in [0.3, 0.4) is 0 Å². The third kappa shape index (κ3) is 6.74. The molecule has 1 amide bonds. The number of nitrogens with one attached hydrogen (secondary N) is 2. The standard InChI is InChI=1S/C18H21ClN2O5S/c1-13(11-25-2)20-18(22)12-26-16-7-9-17(10-8-16)27(23,24)21-15-5-3-14(19)4-6-15/h3-10,13,21H,11-12H2,1-2H3,(H,20,22)/t13-/m1/s1. The van der Waals surface area contributed by atoms with Gasteiger partial charge in [0, 0.05) is 23.9 Å². The number of halogens is 1. The second kappa shape index (κ2) is 9.59. The van der Waals surface area contributed by atoms with Gasteiger partial charge in [-0.3, -0.25) is 9.52 Å². The lowest BCUT2D eigenvalue weighted by molar-refractivity contribution is -0.124. The van der Waals surface area contributed by atoms with E-state index in [4.69, 9.17) is 21.1 Å². The van der Waals surface area contributed by atoms with E-state index in [0.29, 0.717) is 23.1 Å². The zero-order chi connectivity index (χ0) is 19.9. The maximum absolute atomic E-state index is 12.4. The molecule has 0 aromatic heterocycles. The lowest BCUT2D eigenvalue weighted by Gasteiger charge is -2.13. The fraction of sp³-hybridized carbons (Fsp3) is 0.278. The summed E-state index contributed by atoms with van der Waals surface area (Å²) in [4.78, 5) is 11.8. The van der Waals surface area contributed by atoms with Gasteiger partial charge < -0.3 is 14.8 Å². The number of hydrogen-bond acceptors (Lipinski definition) is 5. The van der Waals surface area contributed by atoms with Crippen molar-refractivity contribution in [2.24, 2.45) is 0 Å². The molecule has 0 radical (unpaired) electrons. The minimum absolute atomic E-state index is 0.0722. The molecule has 0 aliphatic heterocycles. The van der Waals surface area contributed by atoms with Crippen LogP contribution in [-0.4, -0.2) is 40.7 Å². The fourth-order valence-corrected chi connectivity index (χ4v) is 3.39. The molecule has 0 spiro atoms. The zero-order valence-corrected chi connectivity index (χ0v) is 16.5. The maximum atomic E-state index is 12.4. The second-order valence-electron chi connectivity index (χ2n) is 5.80. The largest absolute Gasteiger partial charge is 0.484 e. The summed E-state index contributed by atoms with van der Waals surface area (Å²) in [5, 5.41) is 3.23. The predicted octanol–water partition coefficient (Wildman–Crippen LogP) is 2.67. The molecule has 0 saturated heterocycles. The van der Waals surface area contributed by atoms with Crippen LogP contribution in [0.25, 0.3) is 0 Å². The number of carbonyl (C=O) groups is 1. The van der Waals surface area contributed by atoms with Crippen molar-refractivity contribution in [2.45, 2.75) is 17.9 Å². The van der Waals surface area contributed by atoms with Crippen LogP contribution in [0.5, 0.6) is 5.75 Å². The molecule has 0 fully saturated rings. The van der Waals surface area contributed by atoms with Crippen molar-refractivity contribution in [3.05, 3.63) is 53.6 Å². The van der Waals surface area contributed by atoms with E-state index in [9.17, 15) is 13.2 Å². The molecule has 0 heterocycles. The van der Waals surface area contributed by atoms with Crippen LogP contribution in [0.4, 0.5) is 5.69 Å². The first-order valence-electron chi connectivity index (χ1n) is 8.09. The van der Waals surface area contributed by atoms with Crippen molar-refractivity contribution in [1.29, 1.82) is 0 Å². The van der Waals surface area contributed by atoms with Crippen molar-refractivity contribution >= 4 is 33.2 Å². The Morgan fingerprint density at radius 1 is 1.11 bits per heavy atom. The van der Waals surface area contributed by atoms with Crippen molar-refractivity contribution in [3.63, 3.8) is 0 Å². The van der Waals surface area contributed by atoms with Crippen molar-refractivity contribution in [3.8, 4) is 5.75 Å². The Balaban J connectivity index is 1.93. The van der Waals surface area contributed by atoms with Gasteiger partial charge in [-0.1, -0.05) is 11.6 Å². The quantitative estimate of drug-likeness (QED) is 0.660. The number of ether oxygens (including phenoxy) is 2. The number of sulfonamides is 1. The first-order valence-corrected chi connectivity index (χ1v) is 9.96. The SMILES string of the molecule is COC[C@@H](C)NC(=O)COc1ccc(S(=O)(=O)Nc2ccc(Cl)cc2)cc1. The molecule has 2 aromatic carbocycles. The second-order valence-corrected chi connectivity index (χ2v) is 7.92. The Labute approximate surface area is 163 Å². The van der Waals surface area contributed by atoms with E-state index in [-0.39, 0.29) is 23.5 Å². The van der Waals surface area contributed by atoms with E-state index in [1.54, 1.807) is 31.4 Å². The van der Waals surface area contributed by atoms with Crippen LogP contribution in [0, 0.1) is 0 Å². The van der Waals surface area contributed by atoms with E-state index in [1.807, 2.05) is 6.92 Å². The van der Waals surface area contributed by atoms with Gasteiger partial charge in [0.1, 0.15) is 5.75 Å². The highest BCUT2D eigenvalue weighted by Crippen LogP contribution is 2.20. The number of amides is 1. The van der Waals surface area contributed by atoms with Crippen LogP contribution in [-0.2, 0) is 19.6 Å². The number of methoxy groups -OCH3 is 1. The number of anilines is 1. The minimum Gasteiger partial charge on any atom is -0.484 e. The van der Waals surface area contributed by atoms with Gasteiger partial charge >= 0.3 is 0 Å². The number of carbonyl (C=O) groups excluding carboxylic acids is 1. The molecular weight excluding hydrogens is 392 g/mol. The number of hydrogen-bond donors (Lipinski definition) is 2. The van der Waals surface area contributed by atoms with Gasteiger partial charge in [-0.25, -0.2) is 8.42 Å². The zero-order valence-electron chi connectivity index (χ0n) is 14.9. The monoisotopic (exact) mass is 412 g/mol. The van der Waals surface area contributed by atoms with E-state index in [1.165, 1.54) is 24.3 Å². The van der Waals surface area contributed by atoms with E-state index >= 15 is 0 Å². The Bertz CT molecular complexity index is 854. The van der Waals surface area contributed by atoms with Crippen LogP contribution in [0.15, 0.2) is 53.4 Å². The molecule has 2 N–H and O–H groups in total. The molecular formula is C18H21ClN2O5S. The summed E-state index contributed by atoms with van der Waals surface area (Å²) < 4.78 is 37.5. The van der Waals surface area contributed by atoms with Gasteiger partial charge in [0.05, 0.1) is 11.5 Å². The highest BCUT2D eigenvalue weighted by Gasteiger charge is 2.14. The van der Waals surface area contributed by atoms with E-state index in [0.717, 1.165) is 0 Å². The van der Waals surface area contributed by atoms with Gasteiger partial charge in [0.25, 0.3) is 15.9 Å². The molecule has 7 nitrogen and oxygen atoms in total. The van der Waals surface area contributed by atoms with Gasteiger partial charge in [0.2, 0.25) is 0 Å². The summed E-state index contributed by atoms with van der Waals surface area (Å²) in [6, 6.07) is 12.0. The van der Waals surface area contributed by atoms with Gasteiger partial charge in [-0.05, 0) is 55.5 Å². The minimum atomic E-state index is -3.74. The van der Waals surface area contributed by atoms with Gasteiger partial charge in [-0.2, -0.15) is 0 Å². The molecule has 146 valence electrons. The molecule has 0 aliphatic rings. The van der Waals surface area contributed by atoms with Crippen LogP contribution >= 0.6 is 11.6 Å². The van der Waals surface area contributed by atoms with E-state index < -0.39 is 10.0 Å². The summed E-state index contributed by atoms with van der Waals surface area (Å²) in [5.74, 6) is 0.0932. The molecule has 27 heavy (non-hydrogen) atoms. The van der Waals surface area contributed by atoms with Crippen LogP contribution in [0.2, 0.25) is 5.02 Å².